The summed E-state index contributed by atoms with van der Waals surface area (Å²) in [6.07, 6.45) is 2.26. The van der Waals surface area contributed by atoms with Crippen molar-refractivity contribution in [2.24, 2.45) is 0 Å². The molecule has 2 heterocycles. The molecule has 26 heavy (non-hydrogen) atoms. The molecular weight excluding hydrogens is 350 g/mol. The van der Waals surface area contributed by atoms with Gasteiger partial charge in [-0.15, -0.1) is 0 Å². The number of ether oxygens (including phenoxy) is 1. The lowest BCUT2D eigenvalue weighted by Crippen LogP contribution is -2.23. The van der Waals surface area contributed by atoms with Gasteiger partial charge in [0.15, 0.2) is 0 Å². The van der Waals surface area contributed by atoms with E-state index in [1.807, 2.05) is 36.4 Å². The van der Waals surface area contributed by atoms with Gasteiger partial charge in [0.1, 0.15) is 5.75 Å². The van der Waals surface area contributed by atoms with Crippen LogP contribution in [0.5, 0.6) is 5.75 Å². The molecule has 0 unspecified atom stereocenters. The maximum absolute atomic E-state index is 6.05. The predicted octanol–water partition coefficient (Wildman–Crippen LogP) is 4.74. The van der Waals surface area contributed by atoms with Gasteiger partial charge in [0, 0.05) is 16.6 Å². The molecule has 1 aromatic heterocycles. The first kappa shape index (κ1) is 17.1. The number of methoxy groups -OCH3 is 1. The molecule has 1 aliphatic heterocycles. The topological polar surface area (TPSA) is 51.4 Å². The fraction of sp³-hybridized carbons (Fsp3) is 0.300. The van der Waals surface area contributed by atoms with E-state index in [2.05, 4.69) is 27.2 Å². The second kappa shape index (κ2) is 7.48. The standard InChI is InChI=1S/C20H20ClN3O2/c1-25-17-8-3-5-14(12-17)18-9-4-10-24(18)13-19-22-20(23-26-19)15-6-2-7-16(21)11-15/h2-3,5-8,11-12,18H,4,9-10,13H2,1H3/t18-/m0/s1. The molecule has 0 amide bonds. The molecule has 1 atom stereocenters. The van der Waals surface area contributed by atoms with E-state index in [1.165, 1.54) is 5.56 Å². The van der Waals surface area contributed by atoms with Crippen LogP contribution in [0.15, 0.2) is 53.1 Å². The first-order valence-electron chi connectivity index (χ1n) is 8.69. The average Bonchev–Trinajstić information content (AvgIpc) is 3.32. The van der Waals surface area contributed by atoms with E-state index in [0.717, 1.165) is 30.7 Å². The number of nitrogens with zero attached hydrogens (tertiary/aromatic N) is 3. The molecule has 6 heteroatoms. The van der Waals surface area contributed by atoms with Gasteiger partial charge in [0.05, 0.1) is 13.7 Å². The van der Waals surface area contributed by atoms with Crippen LogP contribution in [0.3, 0.4) is 0 Å². The average molecular weight is 370 g/mol. The number of hydrogen-bond donors (Lipinski definition) is 0. The summed E-state index contributed by atoms with van der Waals surface area (Å²) in [7, 11) is 1.70. The van der Waals surface area contributed by atoms with E-state index in [1.54, 1.807) is 7.11 Å². The van der Waals surface area contributed by atoms with Crippen molar-refractivity contribution in [3.05, 3.63) is 65.0 Å². The quantitative estimate of drug-likeness (QED) is 0.650. The number of rotatable bonds is 5. The molecule has 0 bridgehead atoms. The van der Waals surface area contributed by atoms with Gasteiger partial charge >= 0.3 is 0 Å². The summed E-state index contributed by atoms with van der Waals surface area (Å²) in [6.45, 7) is 1.65. The summed E-state index contributed by atoms with van der Waals surface area (Å²) < 4.78 is 10.8. The van der Waals surface area contributed by atoms with Crippen molar-refractivity contribution in [3.8, 4) is 17.1 Å². The maximum Gasteiger partial charge on any atom is 0.241 e. The predicted molar refractivity (Wildman–Crippen MR) is 100 cm³/mol. The van der Waals surface area contributed by atoms with Crippen LogP contribution in [0.2, 0.25) is 5.02 Å². The zero-order valence-corrected chi connectivity index (χ0v) is 15.3. The Labute approximate surface area is 157 Å². The Kier molecular flexibility index (Phi) is 4.91. The number of halogens is 1. The summed E-state index contributed by atoms with van der Waals surface area (Å²) in [5.74, 6) is 2.07. The Hall–Kier alpha value is -2.37. The highest BCUT2D eigenvalue weighted by molar-refractivity contribution is 6.30. The van der Waals surface area contributed by atoms with Crippen LogP contribution in [0, 0.1) is 0 Å². The zero-order valence-electron chi connectivity index (χ0n) is 14.6. The molecule has 134 valence electrons. The molecule has 3 aromatic rings. The summed E-state index contributed by atoms with van der Waals surface area (Å²) in [4.78, 5) is 6.92. The summed E-state index contributed by atoms with van der Waals surface area (Å²) in [5, 5.41) is 4.76. The minimum absolute atomic E-state index is 0.339. The minimum atomic E-state index is 0.339. The molecular formula is C20H20ClN3O2. The summed E-state index contributed by atoms with van der Waals surface area (Å²) in [5.41, 5.74) is 2.12. The van der Waals surface area contributed by atoms with Gasteiger partial charge in [0.25, 0.3) is 0 Å². The van der Waals surface area contributed by atoms with E-state index >= 15 is 0 Å². The molecule has 1 saturated heterocycles. The van der Waals surface area contributed by atoms with Crippen LogP contribution in [0.4, 0.5) is 0 Å². The third-order valence-corrected chi connectivity index (χ3v) is 4.97. The van der Waals surface area contributed by atoms with E-state index in [-0.39, 0.29) is 0 Å². The third-order valence-electron chi connectivity index (χ3n) is 4.73. The van der Waals surface area contributed by atoms with Gasteiger partial charge in [0.2, 0.25) is 11.7 Å². The fourth-order valence-electron chi connectivity index (χ4n) is 3.48. The van der Waals surface area contributed by atoms with E-state index in [0.29, 0.717) is 29.3 Å². The van der Waals surface area contributed by atoms with Crippen LogP contribution in [0.25, 0.3) is 11.4 Å². The van der Waals surface area contributed by atoms with Crippen LogP contribution in [-0.2, 0) is 6.54 Å². The van der Waals surface area contributed by atoms with Gasteiger partial charge in [-0.1, -0.05) is 41.0 Å². The van der Waals surface area contributed by atoms with E-state index < -0.39 is 0 Å². The van der Waals surface area contributed by atoms with Crippen LogP contribution >= 0.6 is 11.6 Å². The molecule has 5 nitrogen and oxygen atoms in total. The molecule has 0 spiro atoms. The smallest absolute Gasteiger partial charge is 0.241 e. The van der Waals surface area contributed by atoms with Crippen molar-refractivity contribution in [2.75, 3.05) is 13.7 Å². The largest absolute Gasteiger partial charge is 0.497 e. The van der Waals surface area contributed by atoms with Crippen molar-refractivity contribution >= 4 is 11.6 Å². The highest BCUT2D eigenvalue weighted by Gasteiger charge is 2.28. The van der Waals surface area contributed by atoms with Gasteiger partial charge < -0.3 is 9.26 Å². The lowest BCUT2D eigenvalue weighted by molar-refractivity contribution is 0.212. The maximum atomic E-state index is 6.05. The molecule has 0 saturated carbocycles. The molecule has 0 N–H and O–H groups in total. The minimum Gasteiger partial charge on any atom is -0.497 e. The summed E-state index contributed by atoms with van der Waals surface area (Å²) in [6, 6.07) is 16.1. The first-order valence-corrected chi connectivity index (χ1v) is 9.07. The summed E-state index contributed by atoms with van der Waals surface area (Å²) >= 11 is 6.05. The number of likely N-dealkylation sites (tertiary alicyclic amines) is 1. The van der Waals surface area contributed by atoms with Gasteiger partial charge in [-0.3, -0.25) is 4.90 Å². The Balaban J connectivity index is 1.51. The zero-order chi connectivity index (χ0) is 17.9. The van der Waals surface area contributed by atoms with Gasteiger partial charge in [-0.25, -0.2) is 0 Å². The van der Waals surface area contributed by atoms with Crippen molar-refractivity contribution in [2.45, 2.75) is 25.4 Å². The van der Waals surface area contributed by atoms with Crippen LogP contribution < -0.4 is 4.74 Å². The number of aromatic nitrogens is 2. The van der Waals surface area contributed by atoms with Crippen molar-refractivity contribution in [1.29, 1.82) is 0 Å². The normalized spacial score (nSPS) is 17.5. The van der Waals surface area contributed by atoms with E-state index in [9.17, 15) is 0 Å². The van der Waals surface area contributed by atoms with Crippen molar-refractivity contribution in [3.63, 3.8) is 0 Å². The Morgan fingerprint density at radius 1 is 1.23 bits per heavy atom. The highest BCUT2D eigenvalue weighted by atomic mass is 35.5. The van der Waals surface area contributed by atoms with E-state index in [4.69, 9.17) is 20.9 Å². The molecule has 1 aliphatic rings. The molecule has 2 aromatic carbocycles. The lowest BCUT2D eigenvalue weighted by atomic mass is 10.0. The Bertz CT molecular complexity index is 896. The molecule has 0 aliphatic carbocycles. The van der Waals surface area contributed by atoms with Crippen LogP contribution in [-0.4, -0.2) is 28.7 Å². The lowest BCUT2D eigenvalue weighted by Gasteiger charge is -2.23. The Morgan fingerprint density at radius 3 is 2.96 bits per heavy atom. The third kappa shape index (κ3) is 3.59. The fourth-order valence-corrected chi connectivity index (χ4v) is 3.67. The SMILES string of the molecule is COc1cccc([C@@H]2CCCN2Cc2nc(-c3cccc(Cl)c3)no2)c1. The van der Waals surface area contributed by atoms with Crippen molar-refractivity contribution in [1.82, 2.24) is 15.0 Å². The van der Waals surface area contributed by atoms with Gasteiger partial charge in [-0.05, 0) is 49.2 Å². The van der Waals surface area contributed by atoms with Crippen molar-refractivity contribution < 1.29 is 9.26 Å². The molecule has 0 radical (unpaired) electrons. The molecule has 4 rings (SSSR count). The number of hydrogen-bond acceptors (Lipinski definition) is 5. The second-order valence-electron chi connectivity index (χ2n) is 6.43. The first-order chi connectivity index (χ1) is 12.7. The number of benzene rings is 2. The van der Waals surface area contributed by atoms with Gasteiger partial charge in [-0.2, -0.15) is 4.98 Å². The monoisotopic (exact) mass is 369 g/mol. The second-order valence-corrected chi connectivity index (χ2v) is 6.86. The highest BCUT2D eigenvalue weighted by Crippen LogP contribution is 2.34. The Morgan fingerprint density at radius 2 is 2.12 bits per heavy atom. The molecule has 1 fully saturated rings. The van der Waals surface area contributed by atoms with Crippen LogP contribution in [0.1, 0.15) is 30.3 Å².